The van der Waals surface area contributed by atoms with Gasteiger partial charge >= 0.3 is 6.18 Å². The molecule has 12 heteroatoms. The molecule has 1 saturated carbocycles. The van der Waals surface area contributed by atoms with Crippen molar-refractivity contribution >= 4 is 21.7 Å². The third-order valence-electron chi connectivity index (χ3n) is 5.53. The number of sulfonamides is 1. The highest BCUT2D eigenvalue weighted by atomic mass is 32.2. The molecule has 1 aliphatic carbocycles. The number of halogens is 3. The van der Waals surface area contributed by atoms with Gasteiger partial charge in [0.1, 0.15) is 5.82 Å². The second kappa shape index (κ2) is 9.70. The largest absolute Gasteiger partial charge is 0.417 e. The monoisotopic (exact) mass is 464 g/mol. The molecule has 2 atom stereocenters. The third kappa shape index (κ3) is 7.04. The SMILES string of the molecule is CS(=O)(=O)Nc1ncc(C(F)(F)F)cc1CNC(=O)C1CCC(NC2CCOCC2)C1. The van der Waals surface area contributed by atoms with Gasteiger partial charge in [0.2, 0.25) is 15.9 Å². The lowest BCUT2D eigenvalue weighted by Crippen LogP contribution is -2.41. The molecule has 3 rings (SSSR count). The van der Waals surface area contributed by atoms with E-state index in [2.05, 4.69) is 20.3 Å². The van der Waals surface area contributed by atoms with Crippen molar-refractivity contribution in [2.24, 2.45) is 5.92 Å². The first-order valence-corrected chi connectivity index (χ1v) is 12.1. The Morgan fingerprint density at radius 3 is 2.55 bits per heavy atom. The zero-order valence-electron chi connectivity index (χ0n) is 17.2. The van der Waals surface area contributed by atoms with Gasteiger partial charge in [-0.3, -0.25) is 9.52 Å². The summed E-state index contributed by atoms with van der Waals surface area (Å²) in [7, 11) is -3.75. The number of nitrogens with zero attached hydrogens (tertiary/aromatic N) is 1. The minimum absolute atomic E-state index is 0.0523. The van der Waals surface area contributed by atoms with Crippen LogP contribution in [0.15, 0.2) is 12.3 Å². The topological polar surface area (TPSA) is 109 Å². The number of hydrogen-bond donors (Lipinski definition) is 3. The molecule has 3 N–H and O–H groups in total. The molecule has 174 valence electrons. The molecular formula is C19H27F3N4O4S. The zero-order valence-corrected chi connectivity index (χ0v) is 18.0. The lowest BCUT2D eigenvalue weighted by atomic mass is 10.0. The minimum atomic E-state index is -4.64. The Labute approximate surface area is 179 Å². The van der Waals surface area contributed by atoms with Crippen molar-refractivity contribution in [2.45, 2.75) is 56.9 Å². The van der Waals surface area contributed by atoms with Gasteiger partial charge in [0.15, 0.2) is 0 Å². The highest BCUT2D eigenvalue weighted by molar-refractivity contribution is 7.92. The molecule has 1 saturated heterocycles. The number of carbonyl (C=O) groups is 1. The number of anilines is 1. The Morgan fingerprint density at radius 1 is 1.19 bits per heavy atom. The van der Waals surface area contributed by atoms with Gasteiger partial charge in [0.05, 0.1) is 11.8 Å². The molecule has 8 nitrogen and oxygen atoms in total. The summed E-state index contributed by atoms with van der Waals surface area (Å²) in [4.78, 5) is 16.2. The molecule has 0 bridgehead atoms. The highest BCUT2D eigenvalue weighted by Gasteiger charge is 2.33. The Hall–Kier alpha value is -1.92. The van der Waals surface area contributed by atoms with Crippen LogP contribution in [-0.2, 0) is 32.3 Å². The van der Waals surface area contributed by atoms with E-state index in [9.17, 15) is 26.4 Å². The molecule has 2 fully saturated rings. The maximum atomic E-state index is 13.0. The van der Waals surface area contributed by atoms with Crippen LogP contribution in [0.3, 0.4) is 0 Å². The van der Waals surface area contributed by atoms with Crippen LogP contribution in [0.4, 0.5) is 19.0 Å². The van der Waals surface area contributed by atoms with Gasteiger partial charge in [-0.05, 0) is 38.2 Å². The van der Waals surface area contributed by atoms with E-state index in [1.54, 1.807) is 0 Å². The van der Waals surface area contributed by atoms with Gasteiger partial charge in [-0.1, -0.05) is 0 Å². The number of pyridine rings is 1. The maximum Gasteiger partial charge on any atom is 0.417 e. The average molecular weight is 465 g/mol. The second-order valence-corrected chi connectivity index (χ2v) is 9.83. The number of carbonyl (C=O) groups excluding carboxylic acids is 1. The Balaban J connectivity index is 1.60. The van der Waals surface area contributed by atoms with Gasteiger partial charge in [0, 0.05) is 49.5 Å². The Kier molecular flexibility index (Phi) is 7.43. The number of ether oxygens (including phenoxy) is 1. The van der Waals surface area contributed by atoms with E-state index in [1.807, 2.05) is 0 Å². The van der Waals surface area contributed by atoms with E-state index in [-0.39, 0.29) is 35.8 Å². The normalized spacial score (nSPS) is 23.0. The zero-order chi connectivity index (χ0) is 22.6. The number of rotatable bonds is 7. The third-order valence-corrected chi connectivity index (χ3v) is 6.09. The highest BCUT2D eigenvalue weighted by Crippen LogP contribution is 2.31. The van der Waals surface area contributed by atoms with Crippen LogP contribution in [0.1, 0.15) is 43.2 Å². The molecule has 1 aromatic rings. The van der Waals surface area contributed by atoms with E-state index < -0.39 is 21.8 Å². The molecule has 31 heavy (non-hydrogen) atoms. The molecule has 2 unspecified atom stereocenters. The Morgan fingerprint density at radius 2 is 1.90 bits per heavy atom. The predicted molar refractivity (Wildman–Crippen MR) is 108 cm³/mol. The molecule has 1 aromatic heterocycles. The molecule has 1 amide bonds. The Bertz CT molecular complexity index is 889. The van der Waals surface area contributed by atoms with E-state index in [0.29, 0.717) is 25.1 Å². The van der Waals surface area contributed by atoms with Gasteiger partial charge in [0.25, 0.3) is 0 Å². The van der Waals surface area contributed by atoms with Crippen LogP contribution in [-0.4, -0.2) is 50.9 Å². The first kappa shape index (κ1) is 23.7. The first-order chi connectivity index (χ1) is 14.5. The van der Waals surface area contributed by atoms with Crippen molar-refractivity contribution in [1.82, 2.24) is 15.6 Å². The quantitative estimate of drug-likeness (QED) is 0.570. The van der Waals surface area contributed by atoms with Crippen LogP contribution in [0.25, 0.3) is 0 Å². The lowest BCUT2D eigenvalue weighted by molar-refractivity contribution is -0.137. The summed E-state index contributed by atoms with van der Waals surface area (Å²) in [5.74, 6) is -0.748. The summed E-state index contributed by atoms with van der Waals surface area (Å²) < 4.78 is 69.6. The summed E-state index contributed by atoms with van der Waals surface area (Å²) in [5, 5.41) is 6.20. The maximum absolute atomic E-state index is 13.0. The van der Waals surface area contributed by atoms with Crippen molar-refractivity contribution in [2.75, 3.05) is 24.2 Å². The summed E-state index contributed by atoms with van der Waals surface area (Å²) in [5.41, 5.74) is -1.07. The minimum Gasteiger partial charge on any atom is -0.381 e. The van der Waals surface area contributed by atoms with Crippen LogP contribution < -0.4 is 15.4 Å². The number of aromatic nitrogens is 1. The number of amides is 1. The standard InChI is InChI=1S/C19H27F3N4O4S/c1-31(28,29)26-17-13(8-14(11-23-17)19(20,21)22)10-24-18(27)12-2-3-16(9-12)25-15-4-6-30-7-5-15/h8,11-12,15-16,25H,2-7,9-10H2,1H3,(H,23,26)(H,24,27). The summed E-state index contributed by atoms with van der Waals surface area (Å²) in [6.07, 6.45) is 0.852. The number of alkyl halides is 3. The van der Waals surface area contributed by atoms with Crippen LogP contribution in [0.2, 0.25) is 0 Å². The molecule has 2 aliphatic rings. The summed E-state index contributed by atoms with van der Waals surface area (Å²) in [6, 6.07) is 1.39. The summed E-state index contributed by atoms with van der Waals surface area (Å²) in [6.45, 7) is 1.19. The first-order valence-electron chi connectivity index (χ1n) is 10.2. The molecule has 0 aromatic carbocycles. The van der Waals surface area contributed by atoms with E-state index in [1.165, 1.54) is 0 Å². The molecule has 1 aliphatic heterocycles. The summed E-state index contributed by atoms with van der Waals surface area (Å²) >= 11 is 0. The van der Waals surface area contributed by atoms with Crippen LogP contribution >= 0.6 is 0 Å². The fraction of sp³-hybridized carbons (Fsp3) is 0.684. The molecule has 0 spiro atoms. The van der Waals surface area contributed by atoms with E-state index in [4.69, 9.17) is 4.74 Å². The van der Waals surface area contributed by atoms with Gasteiger partial charge < -0.3 is 15.4 Å². The van der Waals surface area contributed by atoms with Crippen molar-refractivity contribution in [3.63, 3.8) is 0 Å². The predicted octanol–water partition coefficient (Wildman–Crippen LogP) is 2.03. The van der Waals surface area contributed by atoms with Crippen LogP contribution in [0, 0.1) is 5.92 Å². The average Bonchev–Trinajstić information content (AvgIpc) is 3.14. The van der Waals surface area contributed by atoms with Gasteiger partial charge in [-0.25, -0.2) is 13.4 Å². The number of hydrogen-bond acceptors (Lipinski definition) is 6. The fourth-order valence-corrected chi connectivity index (χ4v) is 4.50. The van der Waals surface area contributed by atoms with E-state index in [0.717, 1.165) is 44.8 Å². The van der Waals surface area contributed by atoms with Crippen molar-refractivity contribution < 1.29 is 31.1 Å². The molecule has 2 heterocycles. The number of nitrogens with one attached hydrogen (secondary N) is 3. The molecule has 0 radical (unpaired) electrons. The lowest BCUT2D eigenvalue weighted by Gasteiger charge is -2.26. The van der Waals surface area contributed by atoms with Crippen LogP contribution in [0.5, 0.6) is 0 Å². The van der Waals surface area contributed by atoms with Gasteiger partial charge in [-0.15, -0.1) is 0 Å². The van der Waals surface area contributed by atoms with Crippen molar-refractivity contribution in [1.29, 1.82) is 0 Å². The fourth-order valence-electron chi connectivity index (χ4n) is 3.96. The van der Waals surface area contributed by atoms with Crippen molar-refractivity contribution in [3.8, 4) is 0 Å². The van der Waals surface area contributed by atoms with Gasteiger partial charge in [-0.2, -0.15) is 13.2 Å². The van der Waals surface area contributed by atoms with Crippen molar-refractivity contribution in [3.05, 3.63) is 23.4 Å². The van der Waals surface area contributed by atoms with E-state index >= 15 is 0 Å². The smallest absolute Gasteiger partial charge is 0.381 e. The molecular weight excluding hydrogens is 437 g/mol. The second-order valence-electron chi connectivity index (χ2n) is 8.08.